The molecular weight excluding hydrogens is 688 g/mol. The van der Waals surface area contributed by atoms with Crippen LogP contribution in [0.1, 0.15) is 86.6 Å². The van der Waals surface area contributed by atoms with Gasteiger partial charge in [0.15, 0.2) is 5.76 Å². The summed E-state index contributed by atoms with van der Waals surface area (Å²) in [5, 5.41) is 20.6. The number of aromatic hydroxyl groups is 1. The first-order valence-corrected chi connectivity index (χ1v) is 16.4. The zero-order chi connectivity index (χ0) is 32.6. The SMILES string of the molecule is CC.COc1ccc(C(c2cccc(C)c2)c2cc(OC)c(C(C)C)cc2OC2=C(Br)CCC(CC(=O)O)C=C2Br)c(O)c1. The normalized spacial score (nSPS) is 15.5. The first-order chi connectivity index (χ1) is 21.0. The van der Waals surface area contributed by atoms with Crippen LogP contribution in [0.4, 0.5) is 0 Å². The summed E-state index contributed by atoms with van der Waals surface area (Å²) < 4.78 is 19.6. The van der Waals surface area contributed by atoms with Gasteiger partial charge in [-0.2, -0.15) is 0 Å². The van der Waals surface area contributed by atoms with Crippen LogP contribution in [-0.2, 0) is 4.79 Å². The molecule has 8 heteroatoms. The molecule has 0 spiro atoms. The van der Waals surface area contributed by atoms with Crippen molar-refractivity contribution in [3.8, 4) is 23.0 Å². The molecule has 0 aromatic heterocycles. The largest absolute Gasteiger partial charge is 0.507 e. The zero-order valence-corrected chi connectivity index (χ0v) is 29.6. The van der Waals surface area contributed by atoms with Gasteiger partial charge in [-0.05, 0) is 71.3 Å². The minimum atomic E-state index is -0.837. The van der Waals surface area contributed by atoms with Crippen molar-refractivity contribution in [1.29, 1.82) is 0 Å². The molecule has 0 fully saturated rings. The highest BCUT2D eigenvalue weighted by atomic mass is 79.9. The molecule has 1 aliphatic carbocycles. The van der Waals surface area contributed by atoms with Gasteiger partial charge in [-0.25, -0.2) is 0 Å². The van der Waals surface area contributed by atoms with Crippen LogP contribution in [0.5, 0.6) is 23.0 Å². The molecule has 2 atom stereocenters. The highest BCUT2D eigenvalue weighted by Crippen LogP contribution is 2.47. The van der Waals surface area contributed by atoms with E-state index in [0.717, 1.165) is 32.5 Å². The minimum Gasteiger partial charge on any atom is -0.507 e. The number of hydrogen-bond donors (Lipinski definition) is 2. The van der Waals surface area contributed by atoms with E-state index in [4.69, 9.17) is 14.2 Å². The van der Waals surface area contributed by atoms with Crippen molar-refractivity contribution in [3.63, 3.8) is 0 Å². The van der Waals surface area contributed by atoms with Crippen molar-refractivity contribution >= 4 is 37.8 Å². The number of phenols is 1. The molecule has 6 nitrogen and oxygen atoms in total. The topological polar surface area (TPSA) is 85.2 Å². The monoisotopic (exact) mass is 728 g/mol. The van der Waals surface area contributed by atoms with Gasteiger partial charge in [0.1, 0.15) is 23.0 Å². The second kappa shape index (κ2) is 16.2. The summed E-state index contributed by atoms with van der Waals surface area (Å²) in [5.74, 6) is 1.35. The number of halogens is 2. The van der Waals surface area contributed by atoms with Crippen molar-refractivity contribution in [3.05, 3.63) is 103 Å². The van der Waals surface area contributed by atoms with Gasteiger partial charge in [0.2, 0.25) is 0 Å². The predicted molar refractivity (Wildman–Crippen MR) is 184 cm³/mol. The van der Waals surface area contributed by atoms with Crippen molar-refractivity contribution in [2.45, 2.75) is 65.7 Å². The molecule has 0 saturated heterocycles. The molecule has 0 heterocycles. The molecule has 0 radical (unpaired) electrons. The van der Waals surface area contributed by atoms with Gasteiger partial charge >= 0.3 is 5.97 Å². The lowest BCUT2D eigenvalue weighted by molar-refractivity contribution is -0.137. The fourth-order valence-corrected chi connectivity index (χ4v) is 6.81. The van der Waals surface area contributed by atoms with Crippen LogP contribution in [0.2, 0.25) is 0 Å². The molecule has 0 amide bonds. The molecule has 1 aliphatic rings. The van der Waals surface area contributed by atoms with Crippen molar-refractivity contribution < 1.29 is 29.2 Å². The maximum Gasteiger partial charge on any atom is 0.303 e. The summed E-state index contributed by atoms with van der Waals surface area (Å²) in [4.78, 5) is 11.4. The lowest BCUT2D eigenvalue weighted by atomic mass is 9.82. The summed E-state index contributed by atoms with van der Waals surface area (Å²) in [7, 11) is 3.23. The molecule has 236 valence electrons. The fraction of sp³-hybridized carbons (Fsp3) is 0.361. The van der Waals surface area contributed by atoms with Crippen LogP contribution < -0.4 is 14.2 Å². The molecule has 4 rings (SSSR count). The van der Waals surface area contributed by atoms with Gasteiger partial charge < -0.3 is 24.4 Å². The molecular formula is C36H42Br2O6. The Labute approximate surface area is 278 Å². The zero-order valence-electron chi connectivity index (χ0n) is 26.4. The summed E-state index contributed by atoms with van der Waals surface area (Å²) in [6.07, 6.45) is 3.26. The molecule has 3 aromatic carbocycles. The van der Waals surface area contributed by atoms with E-state index in [1.165, 1.54) is 0 Å². The van der Waals surface area contributed by atoms with Crippen LogP contribution in [0.15, 0.2) is 75.4 Å². The van der Waals surface area contributed by atoms with Crippen LogP contribution >= 0.6 is 31.9 Å². The van der Waals surface area contributed by atoms with E-state index in [0.29, 0.717) is 40.1 Å². The van der Waals surface area contributed by atoms with E-state index in [9.17, 15) is 15.0 Å². The number of carboxylic acid groups (broad SMARTS) is 1. The van der Waals surface area contributed by atoms with Crippen molar-refractivity contribution in [2.75, 3.05) is 14.2 Å². The summed E-state index contributed by atoms with van der Waals surface area (Å²) in [6.45, 7) is 10.2. The molecule has 0 aliphatic heterocycles. The van der Waals surface area contributed by atoms with Gasteiger partial charge in [0.05, 0.1) is 25.1 Å². The van der Waals surface area contributed by atoms with Crippen molar-refractivity contribution in [2.24, 2.45) is 5.92 Å². The van der Waals surface area contributed by atoms with Crippen molar-refractivity contribution in [1.82, 2.24) is 0 Å². The predicted octanol–water partition coefficient (Wildman–Crippen LogP) is 10.2. The Kier molecular flexibility index (Phi) is 13.0. The average molecular weight is 731 g/mol. The average Bonchev–Trinajstić information content (AvgIpc) is 3.12. The van der Waals surface area contributed by atoms with Crippen LogP contribution in [0, 0.1) is 12.8 Å². The number of carboxylic acids is 1. The van der Waals surface area contributed by atoms with Gasteiger partial charge in [-0.3, -0.25) is 4.79 Å². The standard InChI is InChI=1S/C34H36Br2O6.C2H6/c1-19(2)25-17-31(42-34-27(35)12-9-21(14-28(34)36)15-32(38)39)26(18-30(25)41-5)33(22-8-6-7-20(3)13-22)24-11-10-23(40-4)16-29(24)37;1-2/h6-8,10-11,13-14,16-19,21,33,37H,9,12,15H2,1-5H3,(H,38,39);1-2H3. The minimum absolute atomic E-state index is 0.0418. The van der Waals surface area contributed by atoms with Gasteiger partial charge in [-0.1, -0.05) is 85.6 Å². The molecule has 2 N–H and O–H groups in total. The highest BCUT2D eigenvalue weighted by Gasteiger charge is 2.29. The maximum atomic E-state index is 11.4. The summed E-state index contributed by atoms with van der Waals surface area (Å²) >= 11 is 7.39. The van der Waals surface area contributed by atoms with Gasteiger partial charge in [0, 0.05) is 33.2 Å². The number of benzene rings is 3. The lowest BCUT2D eigenvalue weighted by Gasteiger charge is -2.26. The Hall–Kier alpha value is -3.23. The summed E-state index contributed by atoms with van der Waals surface area (Å²) in [5.41, 5.74) is 4.54. The van der Waals surface area contributed by atoms with E-state index >= 15 is 0 Å². The third kappa shape index (κ3) is 8.48. The highest BCUT2D eigenvalue weighted by molar-refractivity contribution is 9.12. The third-order valence-corrected chi connectivity index (χ3v) is 8.83. The summed E-state index contributed by atoms with van der Waals surface area (Å²) in [6, 6.07) is 17.5. The lowest BCUT2D eigenvalue weighted by Crippen LogP contribution is -2.10. The van der Waals surface area contributed by atoms with E-state index in [2.05, 4.69) is 51.8 Å². The van der Waals surface area contributed by atoms with Gasteiger partial charge in [-0.15, -0.1) is 0 Å². The van der Waals surface area contributed by atoms with E-state index in [1.807, 2.05) is 69.3 Å². The van der Waals surface area contributed by atoms with Gasteiger partial charge in [0.25, 0.3) is 0 Å². The van der Waals surface area contributed by atoms with E-state index < -0.39 is 11.9 Å². The molecule has 0 saturated carbocycles. The van der Waals surface area contributed by atoms with E-state index in [1.54, 1.807) is 20.3 Å². The van der Waals surface area contributed by atoms with Crippen LogP contribution in [-0.4, -0.2) is 30.4 Å². The fourth-order valence-electron chi connectivity index (χ4n) is 5.32. The number of allylic oxidation sites excluding steroid dienone is 3. The molecule has 0 bridgehead atoms. The molecule has 44 heavy (non-hydrogen) atoms. The van der Waals surface area contributed by atoms with E-state index in [-0.39, 0.29) is 24.0 Å². The number of ether oxygens (including phenoxy) is 3. The number of aliphatic carboxylic acids is 1. The Balaban J connectivity index is 0.00000259. The Bertz CT molecular complexity index is 1530. The third-order valence-electron chi connectivity index (χ3n) is 7.45. The second-order valence-electron chi connectivity index (χ2n) is 10.8. The Morgan fingerprint density at radius 3 is 2.25 bits per heavy atom. The second-order valence-corrected chi connectivity index (χ2v) is 12.6. The number of phenolic OH excluding ortho intramolecular Hbond substituents is 1. The quantitative estimate of drug-likeness (QED) is 0.202. The molecule has 2 unspecified atom stereocenters. The number of aryl methyl sites for hydroxylation is 1. The number of carbonyl (C=O) groups is 1. The Morgan fingerprint density at radius 2 is 1.66 bits per heavy atom. The Morgan fingerprint density at radius 1 is 0.955 bits per heavy atom. The number of rotatable bonds is 10. The first kappa shape index (κ1) is 35.3. The first-order valence-electron chi connectivity index (χ1n) is 14.8. The molecule has 3 aromatic rings. The van der Waals surface area contributed by atoms with Crippen LogP contribution in [0.3, 0.4) is 0 Å². The smallest absolute Gasteiger partial charge is 0.303 e. The van der Waals surface area contributed by atoms with Crippen LogP contribution in [0.25, 0.3) is 0 Å². The maximum absolute atomic E-state index is 11.4. The number of hydrogen-bond acceptors (Lipinski definition) is 5. The number of methoxy groups -OCH3 is 2.